The van der Waals surface area contributed by atoms with E-state index in [0.29, 0.717) is 12.3 Å². The van der Waals surface area contributed by atoms with Crippen LogP contribution in [0.2, 0.25) is 0 Å². The number of carbonyl (C=O) groups is 1. The summed E-state index contributed by atoms with van der Waals surface area (Å²) in [6.07, 6.45) is 7.29. The summed E-state index contributed by atoms with van der Waals surface area (Å²) in [5.74, 6) is 0.734. The third-order valence-corrected chi connectivity index (χ3v) is 5.52. The third kappa shape index (κ3) is 4.01. The van der Waals surface area contributed by atoms with Gasteiger partial charge in [0.05, 0.1) is 0 Å². The average Bonchev–Trinajstić information content (AvgIpc) is 2.63. The predicted octanol–water partition coefficient (Wildman–Crippen LogP) is 5.97. The van der Waals surface area contributed by atoms with Crippen LogP contribution in [0.3, 0.4) is 0 Å². The van der Waals surface area contributed by atoms with E-state index in [1.807, 2.05) is 6.92 Å². The molecule has 1 heterocycles. The predicted molar refractivity (Wildman–Crippen MR) is 108 cm³/mol. The lowest BCUT2D eigenvalue weighted by Crippen LogP contribution is -2.10. The van der Waals surface area contributed by atoms with Gasteiger partial charge in [-0.2, -0.15) is 0 Å². The lowest BCUT2D eigenvalue weighted by Gasteiger charge is -2.26. The minimum absolute atomic E-state index is 0.146. The summed E-state index contributed by atoms with van der Waals surface area (Å²) in [6, 6.07) is 10.3. The number of Topliss-reactive ketones (excluding diaryl/α,β-unsaturated/α-hetero) is 1. The molecule has 2 heteroatoms. The highest BCUT2D eigenvalue weighted by atomic mass is 16.1. The quantitative estimate of drug-likeness (QED) is 0.494. The van der Waals surface area contributed by atoms with Gasteiger partial charge in [0.25, 0.3) is 0 Å². The van der Waals surface area contributed by atoms with Gasteiger partial charge in [-0.25, -0.2) is 0 Å². The molecule has 2 aromatic rings. The molecule has 0 unspecified atom stereocenters. The molecule has 0 N–H and O–H groups in total. The number of carbonyl (C=O) groups excluding carboxylic acids is 1. The summed E-state index contributed by atoms with van der Waals surface area (Å²) >= 11 is 0. The second kappa shape index (κ2) is 7.82. The average molecular weight is 345 g/mol. The van der Waals surface area contributed by atoms with Gasteiger partial charge >= 0.3 is 0 Å². The topological polar surface area (TPSA) is 30.0 Å². The first kappa shape index (κ1) is 18.3. The zero-order valence-electron chi connectivity index (χ0n) is 16.0. The summed E-state index contributed by atoms with van der Waals surface area (Å²) in [7, 11) is 0. The number of benzene rings is 1. The normalized spacial score (nSPS) is 17.3. The lowest BCUT2D eigenvalue weighted by molar-refractivity contribution is 0.0992. The van der Waals surface area contributed by atoms with Gasteiger partial charge in [0.15, 0.2) is 5.78 Å². The lowest BCUT2D eigenvalue weighted by atomic mass is 9.79. The number of hydrogen-bond donors (Lipinski definition) is 0. The molecule has 134 valence electrons. The van der Waals surface area contributed by atoms with Gasteiger partial charge in [-0.3, -0.25) is 9.78 Å². The maximum Gasteiger partial charge on any atom is 0.167 e. The first-order chi connectivity index (χ1) is 12.5. The summed E-state index contributed by atoms with van der Waals surface area (Å²) in [5.41, 5.74) is 8.25. The van der Waals surface area contributed by atoms with Gasteiger partial charge in [0, 0.05) is 24.4 Å². The molecule has 1 aliphatic carbocycles. The fourth-order valence-corrected chi connectivity index (χ4v) is 3.74. The highest BCUT2D eigenvalue weighted by Gasteiger charge is 2.20. The molecule has 0 saturated carbocycles. The van der Waals surface area contributed by atoms with E-state index in [4.69, 9.17) is 0 Å². The minimum atomic E-state index is 0.146. The molecular formula is C24H27NO. The van der Waals surface area contributed by atoms with Crippen LogP contribution in [0.25, 0.3) is 5.57 Å². The Kier molecular flexibility index (Phi) is 5.51. The molecule has 1 aromatic carbocycles. The molecule has 0 saturated heterocycles. The largest absolute Gasteiger partial charge is 0.294 e. The highest BCUT2D eigenvalue weighted by molar-refractivity contribution is 5.98. The van der Waals surface area contributed by atoms with Gasteiger partial charge in [0.2, 0.25) is 0 Å². The zero-order chi connectivity index (χ0) is 18.7. The van der Waals surface area contributed by atoms with E-state index in [2.05, 4.69) is 49.7 Å². The Morgan fingerprint density at radius 3 is 2.58 bits per heavy atom. The molecule has 0 aliphatic heterocycles. The molecule has 26 heavy (non-hydrogen) atoms. The Labute approximate surface area is 156 Å². The van der Waals surface area contributed by atoms with Gasteiger partial charge in [-0.05, 0) is 74.3 Å². The van der Waals surface area contributed by atoms with Crippen molar-refractivity contribution in [3.8, 4) is 0 Å². The number of rotatable bonds is 5. The summed E-state index contributed by atoms with van der Waals surface area (Å²) in [5, 5.41) is 0. The van der Waals surface area contributed by atoms with Crippen LogP contribution in [0.4, 0.5) is 0 Å². The van der Waals surface area contributed by atoms with E-state index >= 15 is 0 Å². The van der Waals surface area contributed by atoms with E-state index in [1.54, 1.807) is 18.5 Å². The van der Waals surface area contributed by atoms with Crippen molar-refractivity contribution in [3.05, 3.63) is 82.7 Å². The van der Waals surface area contributed by atoms with E-state index in [9.17, 15) is 4.79 Å². The van der Waals surface area contributed by atoms with Crippen LogP contribution < -0.4 is 0 Å². The van der Waals surface area contributed by atoms with Crippen molar-refractivity contribution in [1.29, 1.82) is 0 Å². The number of allylic oxidation sites excluding steroid dienone is 3. The van der Waals surface area contributed by atoms with Gasteiger partial charge in [-0.15, -0.1) is 0 Å². The molecule has 2 nitrogen and oxygen atoms in total. The third-order valence-electron chi connectivity index (χ3n) is 5.52. The van der Waals surface area contributed by atoms with E-state index in [0.717, 1.165) is 29.5 Å². The number of ketones is 1. The fraction of sp³-hybridized carbons (Fsp3) is 0.333. The number of aryl methyl sites for hydroxylation is 1. The molecule has 3 rings (SSSR count). The monoisotopic (exact) mass is 345 g/mol. The molecular weight excluding hydrogens is 318 g/mol. The van der Waals surface area contributed by atoms with Crippen LogP contribution in [-0.4, -0.2) is 10.8 Å². The van der Waals surface area contributed by atoms with Crippen LogP contribution in [0, 0.1) is 12.8 Å². The Balaban J connectivity index is 1.75. The van der Waals surface area contributed by atoms with Crippen LogP contribution in [0.1, 0.15) is 60.2 Å². The highest BCUT2D eigenvalue weighted by Crippen LogP contribution is 2.38. The van der Waals surface area contributed by atoms with Crippen molar-refractivity contribution in [3.63, 3.8) is 0 Å². The zero-order valence-corrected chi connectivity index (χ0v) is 16.0. The van der Waals surface area contributed by atoms with Gasteiger partial charge < -0.3 is 0 Å². The second-order valence-corrected chi connectivity index (χ2v) is 7.53. The van der Waals surface area contributed by atoms with Crippen LogP contribution in [0.5, 0.6) is 0 Å². The van der Waals surface area contributed by atoms with E-state index in [1.165, 1.54) is 28.7 Å². The smallest absolute Gasteiger partial charge is 0.167 e. The van der Waals surface area contributed by atoms with Crippen molar-refractivity contribution in [2.45, 2.75) is 46.5 Å². The maximum atomic E-state index is 12.5. The summed E-state index contributed by atoms with van der Waals surface area (Å²) in [4.78, 5) is 16.6. The molecule has 0 spiro atoms. The van der Waals surface area contributed by atoms with Crippen molar-refractivity contribution in [1.82, 2.24) is 4.98 Å². The number of nitrogens with zero attached hydrogens (tertiary/aromatic N) is 1. The van der Waals surface area contributed by atoms with Crippen molar-refractivity contribution in [2.24, 2.45) is 5.92 Å². The van der Waals surface area contributed by atoms with Crippen LogP contribution in [-0.2, 0) is 6.42 Å². The van der Waals surface area contributed by atoms with E-state index < -0.39 is 0 Å². The molecule has 0 amide bonds. The van der Waals surface area contributed by atoms with E-state index in [-0.39, 0.29) is 5.78 Å². The second-order valence-electron chi connectivity index (χ2n) is 7.53. The first-order valence-corrected chi connectivity index (χ1v) is 9.33. The molecule has 1 aliphatic rings. The number of pyridine rings is 1. The van der Waals surface area contributed by atoms with Crippen LogP contribution in [0.15, 0.2) is 60.5 Å². The summed E-state index contributed by atoms with van der Waals surface area (Å²) < 4.78 is 0. The Morgan fingerprint density at radius 1 is 1.19 bits per heavy atom. The molecule has 0 bridgehead atoms. The molecule has 0 fully saturated rings. The first-order valence-electron chi connectivity index (χ1n) is 9.33. The van der Waals surface area contributed by atoms with Crippen molar-refractivity contribution < 1.29 is 4.79 Å². The van der Waals surface area contributed by atoms with Gasteiger partial charge in [0.1, 0.15) is 0 Å². The maximum absolute atomic E-state index is 12.5. The molecule has 0 radical (unpaired) electrons. The van der Waals surface area contributed by atoms with Crippen molar-refractivity contribution >= 4 is 11.4 Å². The number of aromatic nitrogens is 1. The Bertz CT molecular complexity index is 858. The fourth-order valence-electron chi connectivity index (χ4n) is 3.74. The Morgan fingerprint density at radius 2 is 1.92 bits per heavy atom. The summed E-state index contributed by atoms with van der Waals surface area (Å²) in [6.45, 7) is 10.5. The molecule has 1 atom stereocenters. The standard InChI is InChI=1S/C24H27NO/c1-16(2)21-8-5-17(3)23(14-21)20-9-6-19(7-10-20)13-24(26)22-11-12-25-15-18(22)4/h6-7,9-12,15,21H,1,5,8,13-14H2,2-4H3/t21-/m0/s1. The molecule has 1 aromatic heterocycles. The minimum Gasteiger partial charge on any atom is -0.294 e. The Hall–Kier alpha value is -2.48. The SMILES string of the molecule is C=C(C)[C@H]1CCC(C)=C(c2ccc(CC(=O)c3ccncc3C)cc2)C1. The number of hydrogen-bond acceptors (Lipinski definition) is 2. The van der Waals surface area contributed by atoms with Crippen LogP contribution >= 0.6 is 0 Å². The van der Waals surface area contributed by atoms with Gasteiger partial charge in [-0.1, -0.05) is 42.0 Å². The van der Waals surface area contributed by atoms with Crippen molar-refractivity contribution in [2.75, 3.05) is 0 Å².